The molecule has 2 fully saturated rings. The molecule has 2 amide bonds. The third kappa shape index (κ3) is 2.39. The van der Waals surface area contributed by atoms with Crippen molar-refractivity contribution in [3.63, 3.8) is 0 Å². The van der Waals surface area contributed by atoms with Gasteiger partial charge < -0.3 is 10.2 Å². The number of terminal acetylenes is 1. The SMILES string of the molecule is C#CC1CC(=O)N(c2ccccc2C(=O)NC2CC2)C1. The molecular formula is C16H16N2O2. The molecule has 0 aromatic heterocycles. The fourth-order valence-electron chi connectivity index (χ4n) is 2.44. The molecule has 20 heavy (non-hydrogen) atoms. The first kappa shape index (κ1) is 12.7. The molecule has 4 heteroatoms. The first-order valence-corrected chi connectivity index (χ1v) is 6.85. The lowest BCUT2D eigenvalue weighted by Crippen LogP contribution is -2.30. The number of benzene rings is 1. The van der Waals surface area contributed by atoms with Crippen LogP contribution in [0.15, 0.2) is 24.3 Å². The van der Waals surface area contributed by atoms with Crippen LogP contribution < -0.4 is 10.2 Å². The third-order valence-corrected chi connectivity index (χ3v) is 3.71. The summed E-state index contributed by atoms with van der Waals surface area (Å²) in [6, 6.07) is 7.50. The molecule has 1 aromatic carbocycles. The smallest absolute Gasteiger partial charge is 0.253 e. The quantitative estimate of drug-likeness (QED) is 0.846. The van der Waals surface area contributed by atoms with Gasteiger partial charge in [-0.2, -0.15) is 0 Å². The van der Waals surface area contributed by atoms with E-state index in [1.54, 1.807) is 17.0 Å². The minimum Gasteiger partial charge on any atom is -0.349 e. The predicted molar refractivity (Wildman–Crippen MR) is 76.2 cm³/mol. The molecule has 1 saturated heterocycles. The summed E-state index contributed by atoms with van der Waals surface area (Å²) in [5.41, 5.74) is 1.21. The Morgan fingerprint density at radius 2 is 2.10 bits per heavy atom. The van der Waals surface area contributed by atoms with Crippen LogP contribution in [0.2, 0.25) is 0 Å². The van der Waals surface area contributed by atoms with Crippen molar-refractivity contribution in [2.45, 2.75) is 25.3 Å². The van der Waals surface area contributed by atoms with E-state index < -0.39 is 0 Å². The normalized spacial score (nSPS) is 21.6. The lowest BCUT2D eigenvalue weighted by Gasteiger charge is -2.19. The van der Waals surface area contributed by atoms with Gasteiger partial charge in [-0.1, -0.05) is 12.1 Å². The lowest BCUT2D eigenvalue weighted by molar-refractivity contribution is -0.117. The standard InChI is InChI=1S/C16H16N2O2/c1-2-11-9-15(19)18(10-11)14-6-4-3-5-13(14)16(20)17-12-7-8-12/h1,3-6,11-12H,7-10H2,(H,17,20). The summed E-state index contributed by atoms with van der Waals surface area (Å²) in [5.74, 6) is 2.43. The Balaban J connectivity index is 1.87. The number of amides is 2. The lowest BCUT2D eigenvalue weighted by atomic mass is 10.1. The molecule has 1 aromatic rings. The maximum absolute atomic E-state index is 12.2. The Kier molecular flexibility index (Phi) is 3.19. The van der Waals surface area contributed by atoms with E-state index in [0.29, 0.717) is 30.3 Å². The molecule has 1 unspecified atom stereocenters. The molecule has 3 rings (SSSR count). The van der Waals surface area contributed by atoms with Gasteiger partial charge in [0.15, 0.2) is 0 Å². The van der Waals surface area contributed by atoms with Crippen LogP contribution >= 0.6 is 0 Å². The van der Waals surface area contributed by atoms with E-state index in [1.807, 2.05) is 12.1 Å². The summed E-state index contributed by atoms with van der Waals surface area (Å²) in [7, 11) is 0. The number of carbonyl (C=O) groups is 2. The molecular weight excluding hydrogens is 252 g/mol. The Hall–Kier alpha value is -2.28. The van der Waals surface area contributed by atoms with Gasteiger partial charge in [-0.25, -0.2) is 0 Å². The zero-order valence-electron chi connectivity index (χ0n) is 11.1. The zero-order chi connectivity index (χ0) is 14.1. The molecule has 1 heterocycles. The number of anilines is 1. The fraction of sp³-hybridized carbons (Fsp3) is 0.375. The average Bonchev–Trinajstić information content (AvgIpc) is 3.19. The second-order valence-electron chi connectivity index (χ2n) is 5.34. The van der Waals surface area contributed by atoms with E-state index in [-0.39, 0.29) is 17.7 Å². The monoisotopic (exact) mass is 268 g/mol. The van der Waals surface area contributed by atoms with E-state index in [4.69, 9.17) is 6.42 Å². The van der Waals surface area contributed by atoms with E-state index in [2.05, 4.69) is 11.2 Å². The molecule has 1 atom stereocenters. The maximum atomic E-state index is 12.2. The van der Waals surface area contributed by atoms with Crippen molar-refractivity contribution in [2.75, 3.05) is 11.4 Å². The highest BCUT2D eigenvalue weighted by Crippen LogP contribution is 2.28. The predicted octanol–water partition coefficient (Wildman–Crippen LogP) is 1.56. The van der Waals surface area contributed by atoms with E-state index in [1.165, 1.54) is 0 Å². The van der Waals surface area contributed by atoms with Crippen LogP contribution in [0, 0.1) is 18.3 Å². The summed E-state index contributed by atoms with van der Waals surface area (Å²) < 4.78 is 0. The molecule has 4 nitrogen and oxygen atoms in total. The minimum absolute atomic E-state index is 0.0142. The maximum Gasteiger partial charge on any atom is 0.253 e. The molecule has 0 radical (unpaired) electrons. The first-order chi connectivity index (χ1) is 9.69. The summed E-state index contributed by atoms with van der Waals surface area (Å²) in [4.78, 5) is 25.9. The van der Waals surface area contributed by atoms with Gasteiger partial charge in [0.2, 0.25) is 5.91 Å². The van der Waals surface area contributed by atoms with Crippen LogP contribution in [-0.2, 0) is 4.79 Å². The molecule has 1 N–H and O–H groups in total. The summed E-state index contributed by atoms with van der Waals surface area (Å²) >= 11 is 0. The van der Waals surface area contributed by atoms with Crippen LogP contribution in [0.4, 0.5) is 5.69 Å². The molecule has 2 aliphatic rings. The number of para-hydroxylation sites is 1. The van der Waals surface area contributed by atoms with Gasteiger partial charge >= 0.3 is 0 Å². The zero-order valence-corrected chi connectivity index (χ0v) is 11.1. The van der Waals surface area contributed by atoms with Gasteiger partial charge in [0.25, 0.3) is 5.91 Å². The van der Waals surface area contributed by atoms with E-state index >= 15 is 0 Å². The van der Waals surface area contributed by atoms with Crippen molar-refractivity contribution >= 4 is 17.5 Å². The average molecular weight is 268 g/mol. The molecule has 0 bridgehead atoms. The number of hydrogen-bond acceptors (Lipinski definition) is 2. The van der Waals surface area contributed by atoms with Crippen molar-refractivity contribution in [1.82, 2.24) is 5.32 Å². The highest BCUT2D eigenvalue weighted by Gasteiger charge is 2.32. The van der Waals surface area contributed by atoms with Crippen molar-refractivity contribution in [3.05, 3.63) is 29.8 Å². The van der Waals surface area contributed by atoms with Gasteiger partial charge in [-0.15, -0.1) is 12.3 Å². The van der Waals surface area contributed by atoms with Crippen LogP contribution in [0.5, 0.6) is 0 Å². The highest BCUT2D eigenvalue weighted by atomic mass is 16.2. The number of nitrogens with zero attached hydrogens (tertiary/aromatic N) is 1. The molecule has 0 spiro atoms. The van der Waals surface area contributed by atoms with E-state index in [9.17, 15) is 9.59 Å². The Labute approximate surface area is 118 Å². The minimum atomic E-state index is -0.111. The van der Waals surface area contributed by atoms with Gasteiger partial charge in [-0.3, -0.25) is 9.59 Å². The van der Waals surface area contributed by atoms with Crippen molar-refractivity contribution in [1.29, 1.82) is 0 Å². The van der Waals surface area contributed by atoms with Crippen LogP contribution in [0.1, 0.15) is 29.6 Å². The molecule has 1 aliphatic carbocycles. The van der Waals surface area contributed by atoms with Crippen molar-refractivity contribution in [2.24, 2.45) is 5.92 Å². The third-order valence-electron chi connectivity index (χ3n) is 3.71. The number of hydrogen-bond donors (Lipinski definition) is 1. The second kappa shape index (κ2) is 5.01. The number of nitrogens with one attached hydrogen (secondary N) is 1. The topological polar surface area (TPSA) is 49.4 Å². The molecule has 102 valence electrons. The molecule has 1 saturated carbocycles. The summed E-state index contributed by atoms with van der Waals surface area (Å²) in [6.45, 7) is 0.489. The second-order valence-corrected chi connectivity index (χ2v) is 5.34. The fourth-order valence-corrected chi connectivity index (χ4v) is 2.44. The summed E-state index contributed by atoms with van der Waals surface area (Å²) in [6.07, 6.45) is 7.83. The highest BCUT2D eigenvalue weighted by molar-refractivity contribution is 6.05. The van der Waals surface area contributed by atoms with Crippen molar-refractivity contribution in [3.8, 4) is 12.3 Å². The summed E-state index contributed by atoms with van der Waals surface area (Å²) in [5, 5.41) is 2.96. The van der Waals surface area contributed by atoms with Gasteiger partial charge in [0.1, 0.15) is 0 Å². The Morgan fingerprint density at radius 1 is 1.35 bits per heavy atom. The Bertz CT molecular complexity index is 599. The Morgan fingerprint density at radius 3 is 2.75 bits per heavy atom. The van der Waals surface area contributed by atoms with Crippen LogP contribution in [0.3, 0.4) is 0 Å². The van der Waals surface area contributed by atoms with Crippen LogP contribution in [0.25, 0.3) is 0 Å². The number of rotatable bonds is 3. The number of carbonyl (C=O) groups excluding carboxylic acids is 2. The van der Waals surface area contributed by atoms with Crippen LogP contribution in [-0.4, -0.2) is 24.4 Å². The molecule has 1 aliphatic heterocycles. The van der Waals surface area contributed by atoms with Crippen molar-refractivity contribution < 1.29 is 9.59 Å². The van der Waals surface area contributed by atoms with Gasteiger partial charge in [0, 0.05) is 24.9 Å². The first-order valence-electron chi connectivity index (χ1n) is 6.85. The largest absolute Gasteiger partial charge is 0.349 e. The van der Waals surface area contributed by atoms with Gasteiger partial charge in [-0.05, 0) is 25.0 Å². The van der Waals surface area contributed by atoms with E-state index in [0.717, 1.165) is 12.8 Å². The van der Waals surface area contributed by atoms with Gasteiger partial charge in [0.05, 0.1) is 11.3 Å².